The average molecular weight is 290 g/mol. The summed E-state index contributed by atoms with van der Waals surface area (Å²) >= 11 is 0. The van der Waals surface area contributed by atoms with Gasteiger partial charge in [-0.2, -0.15) is 0 Å². The number of hydrogen-bond acceptors (Lipinski definition) is 3. The first-order valence-electron chi connectivity index (χ1n) is 7.78. The molecule has 1 aromatic rings. The van der Waals surface area contributed by atoms with Crippen LogP contribution in [-0.4, -0.2) is 31.1 Å². The van der Waals surface area contributed by atoms with Crippen LogP contribution < -0.4 is 15.4 Å². The van der Waals surface area contributed by atoms with Crippen LogP contribution in [0.5, 0.6) is 5.75 Å². The molecule has 1 aromatic carbocycles. The van der Waals surface area contributed by atoms with Crippen molar-refractivity contribution < 1.29 is 9.53 Å². The van der Waals surface area contributed by atoms with Crippen molar-refractivity contribution in [3.05, 3.63) is 29.8 Å². The van der Waals surface area contributed by atoms with Crippen molar-refractivity contribution in [2.45, 2.75) is 45.7 Å². The van der Waals surface area contributed by atoms with Gasteiger partial charge in [0, 0.05) is 12.0 Å². The number of nitrogens with one attached hydrogen (secondary N) is 2. The van der Waals surface area contributed by atoms with E-state index in [9.17, 15) is 4.79 Å². The van der Waals surface area contributed by atoms with Gasteiger partial charge in [0.15, 0.2) is 0 Å². The molecular formula is C17H26N2O2. The summed E-state index contributed by atoms with van der Waals surface area (Å²) in [7, 11) is 0. The summed E-state index contributed by atoms with van der Waals surface area (Å²) in [6.07, 6.45) is 1.83. The van der Waals surface area contributed by atoms with E-state index in [0.717, 1.165) is 25.1 Å². The molecular weight excluding hydrogens is 264 g/mol. The molecule has 1 fully saturated rings. The Morgan fingerprint density at radius 2 is 2.33 bits per heavy atom. The maximum Gasteiger partial charge on any atom is 0.223 e. The van der Waals surface area contributed by atoms with Gasteiger partial charge < -0.3 is 15.4 Å². The van der Waals surface area contributed by atoms with Gasteiger partial charge in [-0.05, 0) is 57.9 Å². The zero-order valence-electron chi connectivity index (χ0n) is 13.2. The zero-order chi connectivity index (χ0) is 15.2. The summed E-state index contributed by atoms with van der Waals surface area (Å²) < 4.78 is 5.73. The van der Waals surface area contributed by atoms with E-state index >= 15 is 0 Å². The lowest BCUT2D eigenvalue weighted by Gasteiger charge is -2.28. The average Bonchev–Trinajstić information content (AvgIpc) is 2.45. The third kappa shape index (κ3) is 5.05. The third-order valence-electron chi connectivity index (χ3n) is 3.87. The van der Waals surface area contributed by atoms with Crippen molar-refractivity contribution in [2.24, 2.45) is 5.92 Å². The minimum atomic E-state index is 0.0169. The van der Waals surface area contributed by atoms with E-state index in [1.165, 1.54) is 5.56 Å². The lowest BCUT2D eigenvalue weighted by molar-refractivity contribution is -0.126. The minimum absolute atomic E-state index is 0.0169. The molecule has 116 valence electrons. The van der Waals surface area contributed by atoms with Gasteiger partial charge >= 0.3 is 0 Å². The van der Waals surface area contributed by atoms with Gasteiger partial charge in [-0.3, -0.25) is 4.79 Å². The number of carbonyl (C=O) groups excluding carboxylic acids is 1. The highest BCUT2D eigenvalue weighted by atomic mass is 16.5. The second kappa shape index (κ2) is 7.46. The van der Waals surface area contributed by atoms with E-state index in [-0.39, 0.29) is 17.9 Å². The van der Waals surface area contributed by atoms with Crippen LogP contribution in [0.15, 0.2) is 24.3 Å². The first-order valence-corrected chi connectivity index (χ1v) is 7.78. The Kier molecular flexibility index (Phi) is 5.62. The Bertz CT molecular complexity index is 476. The number of amides is 1. The second-order valence-corrected chi connectivity index (χ2v) is 6.11. The summed E-state index contributed by atoms with van der Waals surface area (Å²) in [5, 5.41) is 6.43. The molecule has 1 amide bonds. The number of hydrogen-bond donors (Lipinski definition) is 2. The van der Waals surface area contributed by atoms with Crippen LogP contribution in [0.25, 0.3) is 0 Å². The lowest BCUT2D eigenvalue weighted by Crippen LogP contribution is -2.45. The van der Waals surface area contributed by atoms with Crippen LogP contribution in [-0.2, 0) is 4.79 Å². The quantitative estimate of drug-likeness (QED) is 0.874. The fraction of sp³-hybridized carbons (Fsp3) is 0.588. The topological polar surface area (TPSA) is 50.4 Å². The highest BCUT2D eigenvalue weighted by Crippen LogP contribution is 2.16. The van der Waals surface area contributed by atoms with Gasteiger partial charge in [-0.1, -0.05) is 12.1 Å². The van der Waals surface area contributed by atoms with Gasteiger partial charge in [0.2, 0.25) is 5.91 Å². The number of carbonyl (C=O) groups is 1. The molecule has 0 saturated carbocycles. The number of rotatable bonds is 5. The molecule has 4 nitrogen and oxygen atoms in total. The summed E-state index contributed by atoms with van der Waals surface area (Å²) in [5.41, 5.74) is 1.17. The maximum absolute atomic E-state index is 12.2. The molecule has 2 rings (SSSR count). The SMILES string of the molecule is Cc1cccc(OCC(C)NC(=O)[C@H]2CCN[C@@H](C)C2)c1. The molecule has 4 heteroatoms. The molecule has 3 atom stereocenters. The molecule has 1 aliphatic rings. The molecule has 1 heterocycles. The van der Waals surface area contributed by atoms with Crippen LogP contribution >= 0.6 is 0 Å². The smallest absolute Gasteiger partial charge is 0.223 e. The maximum atomic E-state index is 12.2. The normalized spacial score (nSPS) is 23.4. The number of aryl methyl sites for hydroxylation is 1. The molecule has 1 aliphatic heterocycles. The van der Waals surface area contributed by atoms with Crippen molar-refractivity contribution in [3.63, 3.8) is 0 Å². The van der Waals surface area contributed by atoms with Crippen molar-refractivity contribution in [1.29, 1.82) is 0 Å². The first kappa shape index (κ1) is 15.8. The molecule has 21 heavy (non-hydrogen) atoms. The highest BCUT2D eigenvalue weighted by Gasteiger charge is 2.25. The van der Waals surface area contributed by atoms with Crippen LogP contribution in [0.4, 0.5) is 0 Å². The number of piperidine rings is 1. The van der Waals surface area contributed by atoms with Crippen LogP contribution in [0.1, 0.15) is 32.3 Å². The van der Waals surface area contributed by atoms with Crippen LogP contribution in [0.2, 0.25) is 0 Å². The predicted molar refractivity (Wildman–Crippen MR) is 84.5 cm³/mol. The zero-order valence-corrected chi connectivity index (χ0v) is 13.2. The Morgan fingerprint density at radius 3 is 3.05 bits per heavy atom. The Morgan fingerprint density at radius 1 is 1.52 bits per heavy atom. The van der Waals surface area contributed by atoms with E-state index < -0.39 is 0 Å². The largest absolute Gasteiger partial charge is 0.491 e. The molecule has 0 aliphatic carbocycles. The Labute approximate surface area is 127 Å². The fourth-order valence-electron chi connectivity index (χ4n) is 2.70. The van der Waals surface area contributed by atoms with Gasteiger partial charge in [0.25, 0.3) is 0 Å². The molecule has 0 aromatic heterocycles. The Balaban J connectivity index is 1.76. The molecule has 0 bridgehead atoms. The van der Waals surface area contributed by atoms with E-state index in [0.29, 0.717) is 12.6 Å². The van der Waals surface area contributed by atoms with Gasteiger partial charge in [-0.25, -0.2) is 0 Å². The standard InChI is InChI=1S/C17H26N2O2/c1-12-5-4-6-16(9-12)21-11-14(3)19-17(20)15-7-8-18-13(2)10-15/h4-6,9,13-15,18H,7-8,10-11H2,1-3H3,(H,19,20)/t13-,14?,15-/m0/s1. The van der Waals surface area contributed by atoms with Crippen LogP contribution in [0, 0.1) is 12.8 Å². The van der Waals surface area contributed by atoms with Gasteiger partial charge in [0.05, 0.1) is 6.04 Å². The summed E-state index contributed by atoms with van der Waals surface area (Å²) in [6.45, 7) is 7.57. The molecule has 0 radical (unpaired) electrons. The minimum Gasteiger partial charge on any atom is -0.491 e. The van der Waals surface area contributed by atoms with E-state index in [1.807, 2.05) is 38.1 Å². The highest BCUT2D eigenvalue weighted by molar-refractivity contribution is 5.79. The summed E-state index contributed by atoms with van der Waals surface area (Å²) in [6, 6.07) is 8.40. The monoisotopic (exact) mass is 290 g/mol. The van der Waals surface area contributed by atoms with E-state index in [1.54, 1.807) is 0 Å². The molecule has 0 spiro atoms. The van der Waals surface area contributed by atoms with E-state index in [4.69, 9.17) is 4.74 Å². The number of ether oxygens (including phenoxy) is 1. The predicted octanol–water partition coefficient (Wildman–Crippen LogP) is 2.27. The molecule has 2 N–H and O–H groups in total. The third-order valence-corrected chi connectivity index (χ3v) is 3.87. The summed E-state index contributed by atoms with van der Waals surface area (Å²) in [4.78, 5) is 12.2. The van der Waals surface area contributed by atoms with Crippen molar-refractivity contribution in [2.75, 3.05) is 13.2 Å². The number of benzene rings is 1. The van der Waals surface area contributed by atoms with E-state index in [2.05, 4.69) is 17.6 Å². The molecule has 1 unspecified atom stereocenters. The van der Waals surface area contributed by atoms with Crippen molar-refractivity contribution >= 4 is 5.91 Å². The van der Waals surface area contributed by atoms with Crippen molar-refractivity contribution in [3.8, 4) is 5.75 Å². The van der Waals surface area contributed by atoms with Gasteiger partial charge in [0.1, 0.15) is 12.4 Å². The molecule has 1 saturated heterocycles. The Hall–Kier alpha value is -1.55. The van der Waals surface area contributed by atoms with Crippen LogP contribution in [0.3, 0.4) is 0 Å². The summed E-state index contributed by atoms with van der Waals surface area (Å²) in [5.74, 6) is 1.14. The first-order chi connectivity index (χ1) is 10.0. The van der Waals surface area contributed by atoms with Gasteiger partial charge in [-0.15, -0.1) is 0 Å². The second-order valence-electron chi connectivity index (χ2n) is 6.11. The lowest BCUT2D eigenvalue weighted by atomic mass is 9.92. The fourth-order valence-corrected chi connectivity index (χ4v) is 2.70. The van der Waals surface area contributed by atoms with Crippen molar-refractivity contribution in [1.82, 2.24) is 10.6 Å².